The third kappa shape index (κ3) is 6.17. The molecule has 3 aliphatic heterocycles. The number of phenols is 2. The number of nitrogens with zero attached hydrogens (tertiary/aromatic N) is 1. The van der Waals surface area contributed by atoms with Crippen LogP contribution >= 0.6 is 11.8 Å². The standard InChI is InChI=1S/C36H37N3O16S/c1-12-27(42)16(38-35(50)53-10-13-11-56-33-25(37)32(47)39(33)26(13)34(48)49)6-20(54-12)55-18-8-36(51,19(41)9-40)7-15-22(18)31(46)24-23(29(15)44)28(43)14-4-3-5-17(52-2)21(14)30(24)45/h3-5,12,16,18,20,25,27,33,40,42,44,46,51H,6-11,37H2,1-2H3,(H,38,50)(H,48,49)/t12?,16?,18-,20?,25+,27?,33+,36-/m0/s1. The quantitative estimate of drug-likeness (QED) is 0.0985. The molecule has 0 bridgehead atoms. The molecular formula is C36H37N3O16S. The number of methoxy groups -OCH3 is 1. The maximum atomic E-state index is 13.9. The Kier molecular flexibility index (Phi) is 10.1. The lowest BCUT2D eigenvalue weighted by Crippen LogP contribution is -2.68. The van der Waals surface area contributed by atoms with Crippen LogP contribution < -0.4 is 15.8 Å². The molecule has 0 spiro atoms. The van der Waals surface area contributed by atoms with Gasteiger partial charge in [0, 0.05) is 47.3 Å². The highest BCUT2D eigenvalue weighted by Gasteiger charge is 2.53. The largest absolute Gasteiger partial charge is 0.507 e. The number of carboxylic acids is 1. The van der Waals surface area contributed by atoms with Crippen LogP contribution in [-0.2, 0) is 35.0 Å². The number of β-lactam (4-membered cyclic amide) rings is 1. The number of aliphatic hydroxyl groups is 3. The number of ether oxygens (including phenoxy) is 4. The maximum Gasteiger partial charge on any atom is 0.407 e. The van der Waals surface area contributed by atoms with E-state index in [1.54, 1.807) is 0 Å². The van der Waals surface area contributed by atoms with Crippen LogP contribution in [-0.4, -0.2) is 138 Å². The van der Waals surface area contributed by atoms with Crippen molar-refractivity contribution in [2.75, 3.05) is 26.1 Å². The van der Waals surface area contributed by atoms with E-state index in [-0.39, 0.29) is 51.4 Å². The van der Waals surface area contributed by atoms with Crippen molar-refractivity contribution in [3.05, 3.63) is 62.8 Å². The molecule has 2 fully saturated rings. The summed E-state index contributed by atoms with van der Waals surface area (Å²) in [6, 6.07) is 2.24. The van der Waals surface area contributed by atoms with Gasteiger partial charge in [-0.2, -0.15) is 0 Å². The van der Waals surface area contributed by atoms with E-state index in [9.17, 15) is 59.4 Å². The normalized spacial score (nSPS) is 29.4. The number of aliphatic hydroxyl groups excluding tert-OH is 2. The molecule has 298 valence electrons. The number of carboxylic acid groups (broad SMARTS) is 1. The Morgan fingerprint density at radius 3 is 2.50 bits per heavy atom. The van der Waals surface area contributed by atoms with E-state index >= 15 is 0 Å². The molecule has 0 saturated carbocycles. The molecule has 4 unspecified atom stereocenters. The lowest BCUT2D eigenvalue weighted by molar-refractivity contribution is -0.249. The maximum absolute atomic E-state index is 13.9. The monoisotopic (exact) mass is 799 g/mol. The highest BCUT2D eigenvalue weighted by Crippen LogP contribution is 2.52. The number of phenolic OH excluding ortho intramolecular Hbond substituents is 2. The Balaban J connectivity index is 1.16. The zero-order valence-electron chi connectivity index (χ0n) is 29.7. The Morgan fingerprint density at radius 1 is 1.11 bits per heavy atom. The molecule has 0 radical (unpaired) electrons. The smallest absolute Gasteiger partial charge is 0.407 e. The van der Waals surface area contributed by atoms with Gasteiger partial charge in [0.15, 0.2) is 17.9 Å². The van der Waals surface area contributed by atoms with Gasteiger partial charge in [-0.3, -0.25) is 24.1 Å². The average molecular weight is 800 g/mol. The van der Waals surface area contributed by atoms with E-state index < -0.39 is 132 Å². The number of alkyl carbamates (subject to hydrolysis) is 1. The van der Waals surface area contributed by atoms with Gasteiger partial charge in [0.2, 0.25) is 11.7 Å². The fourth-order valence-corrected chi connectivity index (χ4v) is 9.17. The van der Waals surface area contributed by atoms with Crippen LogP contribution in [0.1, 0.15) is 68.8 Å². The average Bonchev–Trinajstić information content (AvgIpc) is 3.17. The first-order valence-electron chi connectivity index (χ1n) is 17.3. The minimum atomic E-state index is -2.40. The third-order valence-electron chi connectivity index (χ3n) is 10.7. The fraction of sp³-hybridized carbons (Fsp3) is 0.444. The number of rotatable bonds is 9. The number of hydrogen-bond acceptors (Lipinski definition) is 17. The SMILES string of the molecule is COc1cccc2c1C(=O)c1c(O)c3c(c(O)c1C2=O)C[C@@](O)(C(=O)CO)C[C@@H]3OC1CC(NC(=O)OCC2=C(C(=O)O)N3C(=O)[C@@H](N)[C@H]3SC2)C(O)C(C)O1. The summed E-state index contributed by atoms with van der Waals surface area (Å²) in [7, 11) is 1.28. The molecule has 8 atom stereocenters. The first kappa shape index (κ1) is 39.2. The Bertz CT molecular complexity index is 2120. The summed E-state index contributed by atoms with van der Waals surface area (Å²) in [4.78, 5) is 78.9. The van der Waals surface area contributed by atoms with Gasteiger partial charge < -0.3 is 60.6 Å². The predicted octanol–water partition coefficient (Wildman–Crippen LogP) is -0.650. The van der Waals surface area contributed by atoms with Gasteiger partial charge in [0.1, 0.15) is 59.3 Å². The molecule has 19 nitrogen and oxygen atoms in total. The predicted molar refractivity (Wildman–Crippen MR) is 188 cm³/mol. The lowest BCUT2D eigenvalue weighted by Gasteiger charge is -2.47. The highest BCUT2D eigenvalue weighted by molar-refractivity contribution is 8.00. The van der Waals surface area contributed by atoms with Gasteiger partial charge >= 0.3 is 12.1 Å². The minimum Gasteiger partial charge on any atom is -0.507 e. The number of nitrogens with one attached hydrogen (secondary N) is 1. The molecule has 2 amide bonds. The Labute approximate surface area is 320 Å². The van der Waals surface area contributed by atoms with Crippen LogP contribution in [0.25, 0.3) is 0 Å². The highest BCUT2D eigenvalue weighted by atomic mass is 32.2. The number of amides is 2. The number of fused-ring (bicyclic) bond motifs is 4. The van der Waals surface area contributed by atoms with Crippen LogP contribution in [0, 0.1) is 0 Å². The third-order valence-corrected chi connectivity index (χ3v) is 12.1. The number of aliphatic carboxylic acids is 1. The van der Waals surface area contributed by atoms with Gasteiger partial charge in [0.05, 0.1) is 42.0 Å². The summed E-state index contributed by atoms with van der Waals surface area (Å²) in [5, 5.41) is 67.2. The van der Waals surface area contributed by atoms with Crippen LogP contribution in [0.15, 0.2) is 29.5 Å². The van der Waals surface area contributed by atoms with Crippen molar-refractivity contribution < 1.29 is 78.4 Å². The van der Waals surface area contributed by atoms with E-state index in [1.165, 1.54) is 44.0 Å². The van der Waals surface area contributed by atoms with Crippen LogP contribution in [0.3, 0.4) is 0 Å². The number of Topliss-reactive ketones (excluding diaryl/α,β-unsaturated/α-hetero) is 1. The van der Waals surface area contributed by atoms with E-state index in [1.807, 2.05) is 0 Å². The van der Waals surface area contributed by atoms with Crippen molar-refractivity contribution in [3.63, 3.8) is 0 Å². The number of aromatic hydroxyl groups is 2. The molecule has 2 aromatic rings. The van der Waals surface area contributed by atoms with Crippen LogP contribution in [0.5, 0.6) is 17.2 Å². The molecule has 2 aromatic carbocycles. The van der Waals surface area contributed by atoms with Gasteiger partial charge in [-0.25, -0.2) is 9.59 Å². The van der Waals surface area contributed by atoms with Gasteiger partial charge in [-0.05, 0) is 13.0 Å². The minimum absolute atomic E-state index is 0.0281. The van der Waals surface area contributed by atoms with Crippen LogP contribution in [0.4, 0.5) is 4.79 Å². The van der Waals surface area contributed by atoms with Crippen molar-refractivity contribution in [1.29, 1.82) is 0 Å². The summed E-state index contributed by atoms with van der Waals surface area (Å²) in [5.74, 6) is -6.20. The number of carbonyl (C=O) groups is 6. The Morgan fingerprint density at radius 2 is 1.82 bits per heavy atom. The number of ketones is 3. The van der Waals surface area contributed by atoms with E-state index in [2.05, 4.69) is 5.32 Å². The summed E-state index contributed by atoms with van der Waals surface area (Å²) in [5.41, 5.74) is 1.21. The number of nitrogens with two attached hydrogens (primary N) is 1. The second-order valence-corrected chi connectivity index (χ2v) is 15.1. The van der Waals surface area contributed by atoms with Gasteiger partial charge in [-0.1, -0.05) is 12.1 Å². The molecule has 7 rings (SSSR count). The second-order valence-electron chi connectivity index (χ2n) is 14.0. The van der Waals surface area contributed by atoms with Crippen molar-refractivity contribution in [3.8, 4) is 17.2 Å². The zero-order valence-corrected chi connectivity index (χ0v) is 30.5. The number of thioether (sulfide) groups is 1. The van der Waals surface area contributed by atoms with Crippen LogP contribution in [0.2, 0.25) is 0 Å². The van der Waals surface area contributed by atoms with Gasteiger partial charge in [-0.15, -0.1) is 11.8 Å². The first-order valence-corrected chi connectivity index (χ1v) is 18.4. The molecule has 56 heavy (non-hydrogen) atoms. The molecule has 0 aromatic heterocycles. The van der Waals surface area contributed by atoms with Crippen molar-refractivity contribution in [1.82, 2.24) is 10.2 Å². The molecule has 9 N–H and O–H groups in total. The molecule has 5 aliphatic rings. The number of benzene rings is 2. The van der Waals surface area contributed by atoms with Crippen molar-refractivity contribution in [2.24, 2.45) is 5.73 Å². The fourth-order valence-electron chi connectivity index (χ4n) is 7.90. The topological polar surface area (TPSA) is 302 Å². The molecule has 2 saturated heterocycles. The number of hydrogen-bond donors (Lipinski definition) is 8. The Hall–Kier alpha value is -5.09. The van der Waals surface area contributed by atoms with Gasteiger partial charge in [0.25, 0.3) is 0 Å². The second kappa shape index (κ2) is 14.4. The van der Waals surface area contributed by atoms with Crippen molar-refractivity contribution in [2.45, 2.75) is 73.8 Å². The van der Waals surface area contributed by atoms with E-state index in [0.29, 0.717) is 0 Å². The summed E-state index contributed by atoms with van der Waals surface area (Å²) in [6.07, 6.45) is -8.00. The first-order chi connectivity index (χ1) is 26.5. The van der Waals surface area contributed by atoms with Crippen molar-refractivity contribution >= 4 is 47.1 Å². The summed E-state index contributed by atoms with van der Waals surface area (Å²) in [6.45, 7) is -0.185. The van der Waals surface area contributed by atoms with E-state index in [0.717, 1.165) is 4.90 Å². The lowest BCUT2D eigenvalue weighted by atomic mass is 9.72. The molecule has 3 heterocycles. The molecule has 2 aliphatic carbocycles. The van der Waals surface area contributed by atoms with E-state index in [4.69, 9.17) is 24.7 Å². The zero-order chi connectivity index (χ0) is 40.5. The molecule has 20 heteroatoms. The number of carbonyl (C=O) groups excluding carboxylic acids is 5. The summed E-state index contributed by atoms with van der Waals surface area (Å²) >= 11 is 1.21. The summed E-state index contributed by atoms with van der Waals surface area (Å²) < 4.78 is 22.6. The molecular weight excluding hydrogens is 762 g/mol.